The second-order valence-electron chi connectivity index (χ2n) is 6.01. The van der Waals surface area contributed by atoms with Crippen molar-refractivity contribution in [2.45, 2.75) is 25.4 Å². The Balaban J connectivity index is 1.50. The Hall–Kier alpha value is -1.92. The number of nitrogens with one attached hydrogen (secondary N) is 2. The van der Waals surface area contributed by atoms with Crippen molar-refractivity contribution < 1.29 is 9.18 Å². The van der Waals surface area contributed by atoms with Crippen LogP contribution in [-0.4, -0.2) is 30.6 Å². The van der Waals surface area contributed by atoms with Crippen LogP contribution in [0.2, 0.25) is 0 Å². The van der Waals surface area contributed by atoms with Crippen LogP contribution in [0.5, 0.6) is 0 Å². The van der Waals surface area contributed by atoms with Gasteiger partial charge < -0.3 is 10.6 Å². The van der Waals surface area contributed by atoms with Crippen molar-refractivity contribution in [2.75, 3.05) is 19.6 Å². The Labute approximate surface area is 145 Å². The third-order valence-electron chi connectivity index (χ3n) is 4.33. The van der Waals surface area contributed by atoms with Gasteiger partial charge in [0.2, 0.25) is 0 Å². The molecule has 4 nitrogen and oxygen atoms in total. The van der Waals surface area contributed by atoms with Crippen molar-refractivity contribution >= 4 is 17.4 Å². The molecule has 1 aliphatic heterocycles. The summed E-state index contributed by atoms with van der Waals surface area (Å²) < 4.78 is 12.9. The van der Waals surface area contributed by atoms with Gasteiger partial charge in [-0.05, 0) is 66.0 Å². The summed E-state index contributed by atoms with van der Waals surface area (Å²) in [6.45, 7) is 3.14. The zero-order valence-electron chi connectivity index (χ0n) is 13.5. The fraction of sp³-hybridized carbons (Fsp3) is 0.389. The van der Waals surface area contributed by atoms with Gasteiger partial charge in [-0.2, -0.15) is 11.3 Å². The number of halogens is 1. The van der Waals surface area contributed by atoms with Gasteiger partial charge in [0, 0.05) is 13.1 Å². The van der Waals surface area contributed by atoms with E-state index >= 15 is 0 Å². The van der Waals surface area contributed by atoms with E-state index in [1.807, 2.05) is 0 Å². The molecule has 1 saturated heterocycles. The predicted octanol–water partition coefficient (Wildman–Crippen LogP) is 3.52. The molecule has 1 fully saturated rings. The highest BCUT2D eigenvalue weighted by Gasteiger charge is 2.24. The number of benzene rings is 1. The monoisotopic (exact) mass is 347 g/mol. The van der Waals surface area contributed by atoms with E-state index in [2.05, 4.69) is 32.4 Å². The quantitative estimate of drug-likeness (QED) is 0.840. The van der Waals surface area contributed by atoms with Gasteiger partial charge in [0.25, 0.3) is 0 Å². The lowest BCUT2D eigenvalue weighted by Crippen LogP contribution is -2.41. The maximum atomic E-state index is 12.9. The first-order valence-corrected chi connectivity index (χ1v) is 9.19. The van der Waals surface area contributed by atoms with Crippen LogP contribution >= 0.6 is 11.3 Å². The van der Waals surface area contributed by atoms with Crippen LogP contribution in [-0.2, 0) is 6.54 Å². The van der Waals surface area contributed by atoms with Crippen LogP contribution in [0.4, 0.5) is 9.18 Å². The van der Waals surface area contributed by atoms with E-state index in [0.29, 0.717) is 13.1 Å². The Morgan fingerprint density at radius 3 is 2.58 bits per heavy atom. The predicted molar refractivity (Wildman–Crippen MR) is 94.5 cm³/mol. The summed E-state index contributed by atoms with van der Waals surface area (Å²) in [6, 6.07) is 8.31. The van der Waals surface area contributed by atoms with E-state index < -0.39 is 0 Å². The van der Waals surface area contributed by atoms with Crippen molar-refractivity contribution in [2.24, 2.45) is 0 Å². The fourth-order valence-corrected chi connectivity index (χ4v) is 3.72. The number of carbonyl (C=O) groups excluding carboxylic acids is 1. The molecule has 0 bridgehead atoms. The summed E-state index contributed by atoms with van der Waals surface area (Å²) in [7, 11) is 0. The second-order valence-corrected chi connectivity index (χ2v) is 6.79. The minimum Gasteiger partial charge on any atom is -0.336 e. The number of hydrogen-bond acceptors (Lipinski definition) is 3. The molecular formula is C18H22FN3OS. The average molecular weight is 347 g/mol. The molecule has 2 heterocycles. The van der Waals surface area contributed by atoms with Gasteiger partial charge in [-0.3, -0.25) is 4.90 Å². The number of hydrogen-bond donors (Lipinski definition) is 2. The number of nitrogens with zero attached hydrogens (tertiary/aromatic N) is 1. The molecule has 128 valence electrons. The number of amides is 2. The minimum atomic E-state index is -0.271. The van der Waals surface area contributed by atoms with Gasteiger partial charge in [0.05, 0.1) is 6.04 Å². The molecule has 2 N–H and O–H groups in total. The van der Waals surface area contributed by atoms with Gasteiger partial charge in [0.1, 0.15) is 5.82 Å². The molecule has 6 heteroatoms. The van der Waals surface area contributed by atoms with Gasteiger partial charge in [-0.25, -0.2) is 9.18 Å². The maximum absolute atomic E-state index is 12.9. The Morgan fingerprint density at radius 2 is 1.92 bits per heavy atom. The van der Waals surface area contributed by atoms with E-state index in [0.717, 1.165) is 18.7 Å². The van der Waals surface area contributed by atoms with Crippen molar-refractivity contribution in [1.29, 1.82) is 0 Å². The zero-order valence-corrected chi connectivity index (χ0v) is 14.3. The van der Waals surface area contributed by atoms with E-state index in [1.54, 1.807) is 23.5 Å². The van der Waals surface area contributed by atoms with E-state index in [9.17, 15) is 9.18 Å². The fourth-order valence-electron chi connectivity index (χ4n) is 3.01. The van der Waals surface area contributed by atoms with Crippen molar-refractivity contribution in [3.8, 4) is 0 Å². The largest absolute Gasteiger partial charge is 0.336 e. The molecule has 1 atom stereocenters. The molecule has 0 spiro atoms. The average Bonchev–Trinajstić information content (AvgIpc) is 3.29. The number of thiophene rings is 1. The van der Waals surface area contributed by atoms with Crippen molar-refractivity contribution in [3.63, 3.8) is 0 Å². The molecular weight excluding hydrogens is 325 g/mol. The van der Waals surface area contributed by atoms with Crippen LogP contribution < -0.4 is 10.6 Å². The molecule has 0 saturated carbocycles. The molecule has 2 amide bonds. The minimum absolute atomic E-state index is 0.196. The summed E-state index contributed by atoms with van der Waals surface area (Å²) in [5.74, 6) is -0.271. The number of likely N-dealkylation sites (tertiary alicyclic amines) is 1. The van der Waals surface area contributed by atoms with E-state index in [4.69, 9.17) is 0 Å². The van der Waals surface area contributed by atoms with Crippen LogP contribution in [0.1, 0.15) is 30.0 Å². The molecule has 2 aromatic rings. The van der Waals surface area contributed by atoms with Gasteiger partial charge in [-0.15, -0.1) is 0 Å². The molecule has 24 heavy (non-hydrogen) atoms. The van der Waals surface area contributed by atoms with Crippen LogP contribution in [0.25, 0.3) is 0 Å². The van der Waals surface area contributed by atoms with E-state index in [-0.39, 0.29) is 17.9 Å². The Kier molecular flexibility index (Phi) is 5.82. The van der Waals surface area contributed by atoms with Crippen LogP contribution in [0.3, 0.4) is 0 Å². The smallest absolute Gasteiger partial charge is 0.315 e. The lowest BCUT2D eigenvalue weighted by molar-refractivity contribution is 0.221. The third kappa shape index (κ3) is 4.55. The molecule has 3 rings (SSSR count). The summed E-state index contributed by atoms with van der Waals surface area (Å²) in [4.78, 5) is 14.5. The highest BCUT2D eigenvalue weighted by molar-refractivity contribution is 7.07. The first-order valence-electron chi connectivity index (χ1n) is 8.24. The van der Waals surface area contributed by atoms with Gasteiger partial charge in [0.15, 0.2) is 0 Å². The molecule has 1 aliphatic rings. The first kappa shape index (κ1) is 16.9. The van der Waals surface area contributed by atoms with E-state index in [1.165, 1.54) is 30.5 Å². The highest BCUT2D eigenvalue weighted by atomic mass is 32.1. The summed E-state index contributed by atoms with van der Waals surface area (Å²) in [5, 5.41) is 10.0. The molecule has 0 aliphatic carbocycles. The first-order chi connectivity index (χ1) is 11.7. The van der Waals surface area contributed by atoms with Crippen molar-refractivity contribution in [1.82, 2.24) is 15.5 Å². The van der Waals surface area contributed by atoms with Gasteiger partial charge in [-0.1, -0.05) is 12.1 Å². The molecule has 1 aromatic carbocycles. The van der Waals surface area contributed by atoms with Crippen molar-refractivity contribution in [3.05, 3.63) is 58.0 Å². The molecule has 0 radical (unpaired) electrons. The molecule has 1 unspecified atom stereocenters. The molecule has 1 aromatic heterocycles. The number of carbonyl (C=O) groups is 1. The van der Waals surface area contributed by atoms with Crippen LogP contribution in [0.15, 0.2) is 41.1 Å². The lowest BCUT2D eigenvalue weighted by atomic mass is 10.1. The third-order valence-corrected chi connectivity index (χ3v) is 5.03. The highest BCUT2D eigenvalue weighted by Crippen LogP contribution is 2.26. The lowest BCUT2D eigenvalue weighted by Gasteiger charge is -2.27. The number of rotatable bonds is 6. The standard InChI is InChI=1S/C18H22FN3OS/c19-16-5-3-14(4-6-16)11-20-18(23)21-12-17(15-7-10-24-13-15)22-8-1-2-9-22/h3-7,10,13,17H,1-2,8-9,11-12H2,(H2,20,21,23). The summed E-state index contributed by atoms with van der Waals surface area (Å²) >= 11 is 1.68. The number of urea groups is 1. The normalized spacial score (nSPS) is 16.0. The second kappa shape index (κ2) is 8.26. The SMILES string of the molecule is O=C(NCc1ccc(F)cc1)NCC(c1ccsc1)N1CCCC1. The Bertz CT molecular complexity index is 639. The van der Waals surface area contributed by atoms with Gasteiger partial charge >= 0.3 is 6.03 Å². The zero-order chi connectivity index (χ0) is 16.8. The topological polar surface area (TPSA) is 44.4 Å². The Morgan fingerprint density at radius 1 is 1.17 bits per heavy atom. The summed E-state index contributed by atoms with van der Waals surface area (Å²) in [6.07, 6.45) is 2.44. The van der Waals surface area contributed by atoms with Crippen LogP contribution in [0, 0.1) is 5.82 Å². The summed E-state index contributed by atoms with van der Waals surface area (Å²) in [5.41, 5.74) is 2.14. The maximum Gasteiger partial charge on any atom is 0.315 e.